The van der Waals surface area contributed by atoms with Crippen LogP contribution in [-0.4, -0.2) is 18.4 Å². The molecule has 26 heavy (non-hydrogen) atoms. The second-order valence-corrected chi connectivity index (χ2v) is 7.61. The van der Waals surface area contributed by atoms with Crippen molar-refractivity contribution in [3.8, 4) is 0 Å². The van der Waals surface area contributed by atoms with Crippen LogP contribution in [0.25, 0.3) is 0 Å². The van der Waals surface area contributed by atoms with Crippen molar-refractivity contribution in [1.29, 1.82) is 0 Å². The fraction of sp³-hybridized carbons (Fsp3) is 0.545. The first-order valence-electron chi connectivity index (χ1n) is 9.93. The standard InChI is InChI=1S/C22H30N2O2/c1-3-18-11-7-8-16(2)19(18)24-21(26)22(13-14-22)20(25)23-15-12-17-9-5-4-6-10-17/h7-9,11H,3-6,10,12-15H2,1-2H3,(H,23,25)(H,24,26). The first kappa shape index (κ1) is 18.7. The number of hydrogen-bond donors (Lipinski definition) is 2. The van der Waals surface area contributed by atoms with E-state index in [1.54, 1.807) is 0 Å². The van der Waals surface area contributed by atoms with Gasteiger partial charge in [-0.15, -0.1) is 0 Å². The molecule has 2 aliphatic rings. The molecule has 0 bridgehead atoms. The highest BCUT2D eigenvalue weighted by atomic mass is 16.2. The lowest BCUT2D eigenvalue weighted by molar-refractivity contribution is -0.134. The second kappa shape index (κ2) is 8.07. The van der Waals surface area contributed by atoms with E-state index in [2.05, 4.69) is 23.6 Å². The maximum absolute atomic E-state index is 12.8. The van der Waals surface area contributed by atoms with Gasteiger partial charge in [0.2, 0.25) is 11.8 Å². The van der Waals surface area contributed by atoms with E-state index >= 15 is 0 Å². The van der Waals surface area contributed by atoms with Crippen LogP contribution in [0, 0.1) is 12.3 Å². The molecule has 4 heteroatoms. The summed E-state index contributed by atoms with van der Waals surface area (Å²) in [6, 6.07) is 6.02. The average Bonchev–Trinajstić information content (AvgIpc) is 3.46. The summed E-state index contributed by atoms with van der Waals surface area (Å²) in [5, 5.41) is 6.04. The molecule has 0 radical (unpaired) electrons. The van der Waals surface area contributed by atoms with Crippen molar-refractivity contribution in [3.05, 3.63) is 41.0 Å². The third-order valence-corrected chi connectivity index (χ3v) is 5.71. The normalized spacial score (nSPS) is 18.0. The molecule has 0 spiro atoms. The number of benzene rings is 1. The van der Waals surface area contributed by atoms with Gasteiger partial charge in [-0.05, 0) is 69.4 Å². The molecule has 0 aliphatic heterocycles. The summed E-state index contributed by atoms with van der Waals surface area (Å²) in [6.45, 7) is 4.70. The molecule has 1 aromatic carbocycles. The van der Waals surface area contributed by atoms with Crippen LogP contribution < -0.4 is 10.6 Å². The van der Waals surface area contributed by atoms with E-state index in [0.29, 0.717) is 19.4 Å². The summed E-state index contributed by atoms with van der Waals surface area (Å²) in [4.78, 5) is 25.5. The van der Waals surface area contributed by atoms with Gasteiger partial charge < -0.3 is 10.6 Å². The minimum Gasteiger partial charge on any atom is -0.355 e. The van der Waals surface area contributed by atoms with Crippen LogP contribution in [0.5, 0.6) is 0 Å². The molecule has 140 valence electrons. The van der Waals surface area contributed by atoms with E-state index in [1.165, 1.54) is 18.4 Å². The molecular formula is C22H30N2O2. The SMILES string of the molecule is CCc1cccc(C)c1NC(=O)C1(C(=O)NCCC2=CCCCC2)CC1. The lowest BCUT2D eigenvalue weighted by Gasteiger charge is -2.19. The Hall–Kier alpha value is -2.10. The average molecular weight is 354 g/mol. The summed E-state index contributed by atoms with van der Waals surface area (Å²) in [6.07, 6.45) is 10.2. The number of anilines is 1. The number of carbonyl (C=O) groups is 2. The van der Waals surface area contributed by atoms with Gasteiger partial charge in [-0.1, -0.05) is 36.8 Å². The Labute approximate surface area is 156 Å². The minimum atomic E-state index is -0.867. The van der Waals surface area contributed by atoms with E-state index in [-0.39, 0.29) is 11.8 Å². The molecule has 0 heterocycles. The zero-order valence-electron chi connectivity index (χ0n) is 16.0. The second-order valence-electron chi connectivity index (χ2n) is 7.61. The monoisotopic (exact) mass is 354 g/mol. The Morgan fingerprint density at radius 2 is 1.96 bits per heavy atom. The molecule has 4 nitrogen and oxygen atoms in total. The predicted molar refractivity (Wildman–Crippen MR) is 105 cm³/mol. The van der Waals surface area contributed by atoms with E-state index in [9.17, 15) is 9.59 Å². The van der Waals surface area contributed by atoms with Crippen LogP contribution in [-0.2, 0) is 16.0 Å². The van der Waals surface area contributed by atoms with E-state index in [0.717, 1.165) is 42.5 Å². The van der Waals surface area contributed by atoms with Crippen molar-refractivity contribution >= 4 is 17.5 Å². The maximum atomic E-state index is 12.8. The number of amides is 2. The van der Waals surface area contributed by atoms with Crippen molar-refractivity contribution in [2.45, 2.75) is 65.2 Å². The van der Waals surface area contributed by atoms with Crippen LogP contribution in [0.3, 0.4) is 0 Å². The van der Waals surface area contributed by atoms with Crippen LogP contribution >= 0.6 is 0 Å². The number of aryl methyl sites for hydroxylation is 2. The largest absolute Gasteiger partial charge is 0.355 e. The quantitative estimate of drug-likeness (QED) is 0.567. The van der Waals surface area contributed by atoms with Crippen molar-refractivity contribution in [2.75, 3.05) is 11.9 Å². The van der Waals surface area contributed by atoms with Gasteiger partial charge in [0.05, 0.1) is 0 Å². The molecule has 2 aliphatic carbocycles. The minimum absolute atomic E-state index is 0.113. The van der Waals surface area contributed by atoms with Crippen LogP contribution in [0.1, 0.15) is 63.0 Å². The third kappa shape index (κ3) is 4.00. The van der Waals surface area contributed by atoms with Gasteiger partial charge in [0, 0.05) is 12.2 Å². The number of para-hydroxylation sites is 1. The summed E-state index contributed by atoms with van der Waals surface area (Å²) < 4.78 is 0. The van der Waals surface area contributed by atoms with Crippen molar-refractivity contribution < 1.29 is 9.59 Å². The summed E-state index contributed by atoms with van der Waals surface area (Å²) >= 11 is 0. The van der Waals surface area contributed by atoms with E-state index in [4.69, 9.17) is 0 Å². The molecular weight excluding hydrogens is 324 g/mol. The highest BCUT2D eigenvalue weighted by Crippen LogP contribution is 2.47. The molecule has 3 rings (SSSR count). The molecule has 2 amide bonds. The fourth-order valence-electron chi connectivity index (χ4n) is 3.75. The lowest BCUT2D eigenvalue weighted by atomic mass is 9.97. The van der Waals surface area contributed by atoms with Crippen LogP contribution in [0.2, 0.25) is 0 Å². The zero-order chi connectivity index (χ0) is 18.6. The predicted octanol–water partition coefficient (Wildman–Crippen LogP) is 4.28. The Morgan fingerprint density at radius 3 is 2.62 bits per heavy atom. The van der Waals surface area contributed by atoms with Crippen molar-refractivity contribution in [1.82, 2.24) is 5.32 Å². The number of nitrogens with one attached hydrogen (secondary N) is 2. The Balaban J connectivity index is 1.58. The molecule has 0 unspecified atom stereocenters. The third-order valence-electron chi connectivity index (χ3n) is 5.71. The van der Waals surface area contributed by atoms with Gasteiger partial charge in [-0.25, -0.2) is 0 Å². The Bertz CT molecular complexity index is 717. The fourth-order valence-corrected chi connectivity index (χ4v) is 3.75. The topological polar surface area (TPSA) is 58.2 Å². The molecule has 0 saturated heterocycles. The smallest absolute Gasteiger partial charge is 0.240 e. The molecule has 0 aromatic heterocycles. The van der Waals surface area contributed by atoms with Gasteiger partial charge in [-0.3, -0.25) is 9.59 Å². The van der Waals surface area contributed by atoms with Crippen molar-refractivity contribution in [2.24, 2.45) is 5.41 Å². The first-order chi connectivity index (χ1) is 12.6. The molecule has 2 N–H and O–H groups in total. The van der Waals surface area contributed by atoms with Crippen molar-refractivity contribution in [3.63, 3.8) is 0 Å². The van der Waals surface area contributed by atoms with Crippen LogP contribution in [0.15, 0.2) is 29.8 Å². The molecule has 1 saturated carbocycles. The van der Waals surface area contributed by atoms with Gasteiger partial charge in [0.15, 0.2) is 0 Å². The number of rotatable bonds is 7. The summed E-state index contributed by atoms with van der Waals surface area (Å²) in [5.41, 5.74) is 3.59. The summed E-state index contributed by atoms with van der Waals surface area (Å²) in [7, 11) is 0. The zero-order valence-corrected chi connectivity index (χ0v) is 16.0. The van der Waals surface area contributed by atoms with Gasteiger partial charge in [0.25, 0.3) is 0 Å². The van der Waals surface area contributed by atoms with Gasteiger partial charge >= 0.3 is 0 Å². The Kier molecular flexibility index (Phi) is 5.80. The molecule has 1 aromatic rings. The highest BCUT2D eigenvalue weighted by Gasteiger charge is 2.56. The van der Waals surface area contributed by atoms with E-state index in [1.807, 2.05) is 25.1 Å². The van der Waals surface area contributed by atoms with Gasteiger partial charge in [0.1, 0.15) is 5.41 Å². The maximum Gasteiger partial charge on any atom is 0.240 e. The van der Waals surface area contributed by atoms with Gasteiger partial charge in [-0.2, -0.15) is 0 Å². The molecule has 0 atom stereocenters. The number of carbonyl (C=O) groups excluding carboxylic acids is 2. The number of hydrogen-bond acceptors (Lipinski definition) is 2. The van der Waals surface area contributed by atoms with E-state index < -0.39 is 5.41 Å². The van der Waals surface area contributed by atoms with Crippen LogP contribution in [0.4, 0.5) is 5.69 Å². The Morgan fingerprint density at radius 1 is 1.15 bits per heavy atom. The highest BCUT2D eigenvalue weighted by molar-refractivity contribution is 6.13. The first-order valence-corrected chi connectivity index (χ1v) is 9.93. The number of allylic oxidation sites excluding steroid dienone is 1. The molecule has 1 fully saturated rings. The lowest BCUT2D eigenvalue weighted by Crippen LogP contribution is -2.40. The summed E-state index contributed by atoms with van der Waals surface area (Å²) in [5.74, 6) is -0.270.